The lowest BCUT2D eigenvalue weighted by molar-refractivity contribution is 0.573. The van der Waals surface area contributed by atoms with Crippen molar-refractivity contribution < 1.29 is 4.42 Å². The average molecular weight is 305 g/mol. The third-order valence-corrected chi connectivity index (χ3v) is 3.89. The molecule has 0 atom stereocenters. The van der Waals surface area contributed by atoms with E-state index in [9.17, 15) is 0 Å². The number of aromatic nitrogens is 2. The van der Waals surface area contributed by atoms with E-state index >= 15 is 0 Å². The fourth-order valence-corrected chi connectivity index (χ4v) is 2.63. The summed E-state index contributed by atoms with van der Waals surface area (Å²) in [6.07, 6.45) is 5.59. The van der Waals surface area contributed by atoms with Gasteiger partial charge in [-0.3, -0.25) is 0 Å². The van der Waals surface area contributed by atoms with E-state index in [0.29, 0.717) is 0 Å². The molecular weight excluding hydrogens is 292 g/mol. The first-order valence-electron chi connectivity index (χ1n) is 5.79. The fourth-order valence-electron chi connectivity index (χ4n) is 2.22. The Bertz CT molecular complexity index is 698. The van der Waals surface area contributed by atoms with Crippen LogP contribution in [0, 0.1) is 13.8 Å². The zero-order valence-electron chi connectivity index (χ0n) is 10.3. The first-order valence-corrected chi connectivity index (χ1v) is 6.59. The van der Waals surface area contributed by atoms with Crippen molar-refractivity contribution >= 4 is 26.9 Å². The van der Waals surface area contributed by atoms with Gasteiger partial charge in [-0.2, -0.15) is 0 Å². The summed E-state index contributed by atoms with van der Waals surface area (Å²) >= 11 is 3.54. The van der Waals surface area contributed by atoms with Gasteiger partial charge in [0.2, 0.25) is 0 Å². The molecule has 2 heterocycles. The average Bonchev–Trinajstić information content (AvgIpc) is 2.94. The molecule has 92 valence electrons. The maximum atomic E-state index is 5.82. The zero-order chi connectivity index (χ0) is 12.7. The van der Waals surface area contributed by atoms with Crippen LogP contribution in [-0.4, -0.2) is 9.55 Å². The number of fused-ring (bicyclic) bond motifs is 1. The third kappa shape index (κ3) is 1.77. The highest BCUT2D eigenvalue weighted by atomic mass is 79.9. The smallest absolute Gasteiger partial charge is 0.149 e. The molecule has 0 aliphatic carbocycles. The molecule has 3 rings (SSSR count). The summed E-state index contributed by atoms with van der Waals surface area (Å²) in [6.45, 7) is 4.91. The number of nitrogens with zero attached hydrogens (tertiary/aromatic N) is 2. The van der Waals surface area contributed by atoms with Crippen molar-refractivity contribution in [3.8, 4) is 0 Å². The van der Waals surface area contributed by atoms with Gasteiger partial charge in [0.25, 0.3) is 0 Å². The highest BCUT2D eigenvalue weighted by Gasteiger charge is 2.14. The molecular formula is C14H13BrN2O. The largest absolute Gasteiger partial charge is 0.460 e. The standard InChI is InChI=1S/C14H13BrN2O/c1-9-10(2)18-14-12(15)4-3-11(13(9)14)7-17-6-5-16-8-17/h3-6,8H,7H2,1-2H3. The predicted octanol–water partition coefficient (Wildman–Crippen LogP) is 4.06. The quantitative estimate of drug-likeness (QED) is 0.715. The van der Waals surface area contributed by atoms with Gasteiger partial charge in [-0.1, -0.05) is 6.07 Å². The highest BCUT2D eigenvalue weighted by Crippen LogP contribution is 2.33. The molecule has 3 aromatic rings. The highest BCUT2D eigenvalue weighted by molar-refractivity contribution is 9.10. The van der Waals surface area contributed by atoms with Gasteiger partial charge < -0.3 is 8.98 Å². The van der Waals surface area contributed by atoms with Crippen molar-refractivity contribution in [2.45, 2.75) is 20.4 Å². The Kier molecular flexibility index (Phi) is 2.74. The Hall–Kier alpha value is -1.55. The van der Waals surface area contributed by atoms with Crippen molar-refractivity contribution in [2.75, 3.05) is 0 Å². The summed E-state index contributed by atoms with van der Waals surface area (Å²) in [4.78, 5) is 4.07. The number of rotatable bonds is 2. The van der Waals surface area contributed by atoms with Crippen LogP contribution in [0.25, 0.3) is 11.0 Å². The lowest BCUT2D eigenvalue weighted by Gasteiger charge is -2.05. The molecule has 0 aliphatic heterocycles. The Balaban J connectivity index is 2.20. The van der Waals surface area contributed by atoms with Crippen molar-refractivity contribution in [1.82, 2.24) is 9.55 Å². The van der Waals surface area contributed by atoms with E-state index in [2.05, 4.69) is 38.5 Å². The second-order valence-electron chi connectivity index (χ2n) is 4.43. The van der Waals surface area contributed by atoms with Crippen molar-refractivity contribution in [3.05, 3.63) is 52.2 Å². The van der Waals surface area contributed by atoms with Crippen molar-refractivity contribution in [3.63, 3.8) is 0 Å². The van der Waals surface area contributed by atoms with Gasteiger partial charge in [0.05, 0.1) is 10.8 Å². The van der Waals surface area contributed by atoms with Gasteiger partial charge in [-0.25, -0.2) is 4.98 Å². The number of furan rings is 1. The SMILES string of the molecule is Cc1oc2c(Br)ccc(Cn3ccnc3)c2c1C. The molecule has 0 spiro atoms. The molecule has 0 saturated heterocycles. The topological polar surface area (TPSA) is 31.0 Å². The van der Waals surface area contributed by atoms with Gasteiger partial charge in [0.1, 0.15) is 11.3 Å². The normalized spacial score (nSPS) is 11.3. The van der Waals surface area contributed by atoms with Crippen molar-refractivity contribution in [1.29, 1.82) is 0 Å². The third-order valence-electron chi connectivity index (χ3n) is 3.27. The summed E-state index contributed by atoms with van der Waals surface area (Å²) in [5.41, 5.74) is 3.39. The molecule has 2 aromatic heterocycles. The van der Waals surface area contributed by atoms with Gasteiger partial charge in [-0.15, -0.1) is 0 Å². The molecule has 0 amide bonds. The van der Waals surface area contributed by atoms with Gasteiger partial charge in [0, 0.05) is 24.3 Å². The maximum Gasteiger partial charge on any atom is 0.149 e. The molecule has 0 radical (unpaired) electrons. The summed E-state index contributed by atoms with van der Waals surface area (Å²) in [5.74, 6) is 0.976. The molecule has 0 fully saturated rings. The lowest BCUT2D eigenvalue weighted by Crippen LogP contribution is -1.97. The summed E-state index contributed by atoms with van der Waals surface area (Å²) in [6, 6.07) is 4.17. The van der Waals surface area contributed by atoms with E-state index in [1.807, 2.05) is 25.5 Å². The lowest BCUT2D eigenvalue weighted by atomic mass is 10.1. The minimum absolute atomic E-state index is 0.809. The van der Waals surface area contributed by atoms with E-state index in [0.717, 1.165) is 22.4 Å². The molecule has 0 aliphatic rings. The number of halogens is 1. The number of imidazole rings is 1. The maximum absolute atomic E-state index is 5.82. The van der Waals surface area contributed by atoms with E-state index in [1.54, 1.807) is 6.20 Å². The van der Waals surface area contributed by atoms with E-state index in [-0.39, 0.29) is 0 Å². The number of benzene rings is 1. The van der Waals surface area contributed by atoms with E-state index < -0.39 is 0 Å². The Morgan fingerprint density at radius 2 is 2.17 bits per heavy atom. The summed E-state index contributed by atoms with van der Waals surface area (Å²) in [7, 11) is 0. The van der Waals surface area contributed by atoms with Crippen LogP contribution in [0.3, 0.4) is 0 Å². The molecule has 3 nitrogen and oxygen atoms in total. The summed E-state index contributed by atoms with van der Waals surface area (Å²) in [5, 5.41) is 1.20. The monoisotopic (exact) mass is 304 g/mol. The van der Waals surface area contributed by atoms with Crippen LogP contribution in [-0.2, 0) is 6.54 Å². The molecule has 0 saturated carbocycles. The van der Waals surface area contributed by atoms with Crippen LogP contribution >= 0.6 is 15.9 Å². The van der Waals surface area contributed by atoms with Gasteiger partial charge in [-0.05, 0) is 47.0 Å². The van der Waals surface area contributed by atoms with Crippen LogP contribution in [0.1, 0.15) is 16.9 Å². The Morgan fingerprint density at radius 1 is 1.33 bits per heavy atom. The molecule has 18 heavy (non-hydrogen) atoms. The second-order valence-corrected chi connectivity index (χ2v) is 5.28. The first-order chi connectivity index (χ1) is 8.66. The van der Waals surface area contributed by atoms with Gasteiger partial charge >= 0.3 is 0 Å². The van der Waals surface area contributed by atoms with Crippen LogP contribution < -0.4 is 0 Å². The molecule has 0 N–H and O–H groups in total. The zero-order valence-corrected chi connectivity index (χ0v) is 11.9. The minimum Gasteiger partial charge on any atom is -0.460 e. The van der Waals surface area contributed by atoms with Crippen LogP contribution in [0.15, 0.2) is 39.7 Å². The Morgan fingerprint density at radius 3 is 2.89 bits per heavy atom. The molecule has 4 heteroatoms. The number of hydrogen-bond donors (Lipinski definition) is 0. The first kappa shape index (κ1) is 11.5. The van der Waals surface area contributed by atoms with Crippen LogP contribution in [0.4, 0.5) is 0 Å². The van der Waals surface area contributed by atoms with Gasteiger partial charge in [0.15, 0.2) is 0 Å². The minimum atomic E-state index is 0.809. The predicted molar refractivity (Wildman–Crippen MR) is 74.7 cm³/mol. The summed E-state index contributed by atoms with van der Waals surface area (Å²) < 4.78 is 8.88. The van der Waals surface area contributed by atoms with Crippen LogP contribution in [0.5, 0.6) is 0 Å². The second kappa shape index (κ2) is 4.28. The number of hydrogen-bond acceptors (Lipinski definition) is 2. The number of aryl methyl sites for hydroxylation is 2. The van der Waals surface area contributed by atoms with Crippen LogP contribution in [0.2, 0.25) is 0 Å². The molecule has 0 bridgehead atoms. The molecule has 1 aromatic carbocycles. The van der Waals surface area contributed by atoms with E-state index in [4.69, 9.17) is 4.42 Å². The Labute approximate surface area is 114 Å². The molecule has 0 unspecified atom stereocenters. The van der Waals surface area contributed by atoms with E-state index in [1.165, 1.54) is 16.5 Å². The van der Waals surface area contributed by atoms with Crippen molar-refractivity contribution in [2.24, 2.45) is 0 Å². The fraction of sp³-hybridized carbons (Fsp3) is 0.214.